The van der Waals surface area contributed by atoms with E-state index < -0.39 is 24.0 Å². The van der Waals surface area contributed by atoms with Crippen LogP contribution in [-0.4, -0.2) is 35.0 Å². The van der Waals surface area contributed by atoms with E-state index in [1.165, 1.54) is 0 Å². The molecule has 1 heterocycles. The van der Waals surface area contributed by atoms with E-state index in [-0.39, 0.29) is 12.3 Å². The van der Waals surface area contributed by atoms with E-state index in [1.54, 1.807) is 0 Å². The van der Waals surface area contributed by atoms with Gasteiger partial charge in [-0.25, -0.2) is 4.79 Å². The minimum absolute atomic E-state index is 0.181. The molecule has 112 valence electrons. The molecule has 0 unspecified atom stereocenters. The van der Waals surface area contributed by atoms with Gasteiger partial charge in [0.05, 0.1) is 0 Å². The van der Waals surface area contributed by atoms with Gasteiger partial charge in [-0.15, -0.1) is 0 Å². The summed E-state index contributed by atoms with van der Waals surface area (Å²) in [6, 6.07) is 5.81. The highest BCUT2D eigenvalue weighted by atomic mass is 127. The van der Waals surface area contributed by atoms with Crippen LogP contribution in [0.5, 0.6) is 0 Å². The number of hydrogen-bond acceptors (Lipinski definition) is 3. The first kappa shape index (κ1) is 15.7. The van der Waals surface area contributed by atoms with Gasteiger partial charge in [0.2, 0.25) is 11.8 Å². The predicted octanol–water partition coefficient (Wildman–Crippen LogP) is 0.682. The van der Waals surface area contributed by atoms with Gasteiger partial charge in [-0.2, -0.15) is 0 Å². The molecule has 6 nitrogen and oxygen atoms in total. The second-order valence-electron chi connectivity index (χ2n) is 4.89. The van der Waals surface area contributed by atoms with E-state index in [2.05, 4.69) is 33.2 Å². The number of rotatable bonds is 5. The molecule has 0 spiro atoms. The van der Waals surface area contributed by atoms with Gasteiger partial charge in [-0.05, 0) is 46.7 Å². The molecule has 1 saturated heterocycles. The van der Waals surface area contributed by atoms with Crippen LogP contribution in [0.4, 0.5) is 0 Å². The largest absolute Gasteiger partial charge is 0.480 e. The van der Waals surface area contributed by atoms with Crippen LogP contribution in [0, 0.1) is 3.57 Å². The fourth-order valence-corrected chi connectivity index (χ4v) is 2.79. The molecule has 21 heavy (non-hydrogen) atoms. The monoisotopic (exact) mass is 402 g/mol. The number of aliphatic carboxylic acids is 1. The van der Waals surface area contributed by atoms with Gasteiger partial charge in [-0.3, -0.25) is 9.59 Å². The molecule has 2 amide bonds. The molecule has 1 aliphatic heterocycles. The number of nitrogens with one attached hydrogen (secondary N) is 2. The Morgan fingerprint density at radius 1 is 1.48 bits per heavy atom. The molecule has 1 aromatic rings. The summed E-state index contributed by atoms with van der Waals surface area (Å²) in [5.74, 6) is -1.72. The Bertz CT molecular complexity index is 576. The van der Waals surface area contributed by atoms with Crippen LogP contribution < -0.4 is 10.6 Å². The van der Waals surface area contributed by atoms with Crippen molar-refractivity contribution in [3.05, 3.63) is 33.4 Å². The zero-order valence-electron chi connectivity index (χ0n) is 11.1. The van der Waals surface area contributed by atoms with E-state index in [0.717, 1.165) is 9.13 Å². The van der Waals surface area contributed by atoms with Crippen LogP contribution in [-0.2, 0) is 20.8 Å². The number of carboxylic acids is 1. The average Bonchev–Trinajstić information content (AvgIpc) is 2.84. The molecule has 2 rings (SSSR count). The molecule has 7 heteroatoms. The van der Waals surface area contributed by atoms with Crippen LogP contribution in [0.1, 0.15) is 18.4 Å². The highest BCUT2D eigenvalue weighted by Gasteiger charge is 2.30. The van der Waals surface area contributed by atoms with E-state index >= 15 is 0 Å². The van der Waals surface area contributed by atoms with Gasteiger partial charge in [0.1, 0.15) is 12.1 Å². The molecule has 1 aliphatic rings. The molecule has 1 fully saturated rings. The van der Waals surface area contributed by atoms with Gasteiger partial charge in [0.25, 0.3) is 0 Å². The predicted molar refractivity (Wildman–Crippen MR) is 83.6 cm³/mol. The van der Waals surface area contributed by atoms with Crippen LogP contribution in [0.15, 0.2) is 24.3 Å². The molecular weight excluding hydrogens is 387 g/mol. The van der Waals surface area contributed by atoms with Crippen molar-refractivity contribution in [1.29, 1.82) is 0 Å². The van der Waals surface area contributed by atoms with E-state index in [9.17, 15) is 19.5 Å². The third kappa shape index (κ3) is 4.42. The third-order valence-electron chi connectivity index (χ3n) is 3.26. The number of benzene rings is 1. The standard InChI is InChI=1S/C14H15IN2O4/c15-9-3-1-2-8(6-9)7-11(14(20)21)17-13(19)10-4-5-12(18)16-10/h1-3,6,10-11H,4-5,7H2,(H,16,18)(H,17,19)(H,20,21)/t10-,11-/m0/s1. The fraction of sp³-hybridized carbons (Fsp3) is 0.357. The first-order chi connectivity index (χ1) is 9.95. The zero-order valence-corrected chi connectivity index (χ0v) is 13.3. The van der Waals surface area contributed by atoms with Crippen molar-refractivity contribution in [2.75, 3.05) is 0 Å². The van der Waals surface area contributed by atoms with E-state index in [0.29, 0.717) is 12.8 Å². The summed E-state index contributed by atoms with van der Waals surface area (Å²) in [7, 11) is 0. The second-order valence-corrected chi connectivity index (χ2v) is 6.14. The molecule has 1 aromatic carbocycles. The van der Waals surface area contributed by atoms with Crippen molar-refractivity contribution >= 4 is 40.4 Å². The molecular formula is C14H15IN2O4. The number of halogens is 1. The number of carboxylic acid groups (broad SMARTS) is 1. The lowest BCUT2D eigenvalue weighted by molar-refractivity contribution is -0.142. The Kier molecular flexibility index (Phi) is 5.16. The lowest BCUT2D eigenvalue weighted by Crippen LogP contribution is -2.49. The van der Waals surface area contributed by atoms with Crippen LogP contribution in [0.25, 0.3) is 0 Å². The summed E-state index contributed by atoms with van der Waals surface area (Å²) in [6.45, 7) is 0. The first-order valence-electron chi connectivity index (χ1n) is 6.52. The second kappa shape index (κ2) is 6.88. The average molecular weight is 402 g/mol. The van der Waals surface area contributed by atoms with E-state index in [1.807, 2.05) is 24.3 Å². The normalized spacial score (nSPS) is 18.9. The number of hydrogen-bond donors (Lipinski definition) is 3. The van der Waals surface area contributed by atoms with Gasteiger partial charge >= 0.3 is 5.97 Å². The summed E-state index contributed by atoms with van der Waals surface area (Å²) in [5.41, 5.74) is 0.838. The van der Waals surface area contributed by atoms with Gasteiger partial charge in [-0.1, -0.05) is 12.1 Å². The Hall–Kier alpha value is -1.64. The maximum absolute atomic E-state index is 12.0. The van der Waals surface area contributed by atoms with Gasteiger partial charge in [0, 0.05) is 16.4 Å². The third-order valence-corrected chi connectivity index (χ3v) is 3.93. The Balaban J connectivity index is 2.00. The summed E-state index contributed by atoms with van der Waals surface area (Å²) in [5, 5.41) is 14.3. The van der Waals surface area contributed by atoms with Crippen LogP contribution in [0.3, 0.4) is 0 Å². The summed E-state index contributed by atoms with van der Waals surface area (Å²) < 4.78 is 1.00. The maximum Gasteiger partial charge on any atom is 0.326 e. The van der Waals surface area contributed by atoms with Crippen molar-refractivity contribution in [3.63, 3.8) is 0 Å². The molecule has 0 radical (unpaired) electrons. The molecule has 3 N–H and O–H groups in total. The summed E-state index contributed by atoms with van der Waals surface area (Å²) in [4.78, 5) is 34.4. The van der Waals surface area contributed by atoms with Crippen molar-refractivity contribution in [2.24, 2.45) is 0 Å². The van der Waals surface area contributed by atoms with Crippen molar-refractivity contribution in [3.8, 4) is 0 Å². The summed E-state index contributed by atoms with van der Waals surface area (Å²) in [6.07, 6.45) is 0.908. The molecule has 0 bridgehead atoms. The van der Waals surface area contributed by atoms with Crippen LogP contribution >= 0.6 is 22.6 Å². The van der Waals surface area contributed by atoms with Gasteiger partial charge in [0.15, 0.2) is 0 Å². The highest BCUT2D eigenvalue weighted by molar-refractivity contribution is 14.1. The number of carbonyl (C=O) groups excluding carboxylic acids is 2. The Labute approximate surface area is 135 Å². The fourth-order valence-electron chi connectivity index (χ4n) is 2.18. The smallest absolute Gasteiger partial charge is 0.326 e. The highest BCUT2D eigenvalue weighted by Crippen LogP contribution is 2.11. The number of amides is 2. The molecule has 0 saturated carbocycles. The summed E-state index contributed by atoms with van der Waals surface area (Å²) >= 11 is 2.15. The van der Waals surface area contributed by atoms with Crippen molar-refractivity contribution in [1.82, 2.24) is 10.6 Å². The SMILES string of the molecule is O=C1CC[C@@H](C(=O)N[C@@H](Cc2cccc(I)c2)C(=O)O)N1. The van der Waals surface area contributed by atoms with Gasteiger partial charge < -0.3 is 15.7 Å². The molecule has 0 aromatic heterocycles. The number of carbonyl (C=O) groups is 3. The topological polar surface area (TPSA) is 95.5 Å². The lowest BCUT2D eigenvalue weighted by atomic mass is 10.1. The minimum atomic E-state index is -1.09. The maximum atomic E-state index is 12.0. The molecule has 0 aliphatic carbocycles. The Morgan fingerprint density at radius 3 is 2.81 bits per heavy atom. The van der Waals surface area contributed by atoms with Crippen molar-refractivity contribution in [2.45, 2.75) is 31.3 Å². The lowest BCUT2D eigenvalue weighted by Gasteiger charge is -2.17. The Morgan fingerprint density at radius 2 is 2.24 bits per heavy atom. The first-order valence-corrected chi connectivity index (χ1v) is 7.60. The quantitative estimate of drug-likeness (QED) is 0.632. The van der Waals surface area contributed by atoms with E-state index in [4.69, 9.17) is 0 Å². The molecule has 2 atom stereocenters. The van der Waals surface area contributed by atoms with Crippen molar-refractivity contribution < 1.29 is 19.5 Å². The van der Waals surface area contributed by atoms with Crippen LogP contribution in [0.2, 0.25) is 0 Å². The minimum Gasteiger partial charge on any atom is -0.480 e. The zero-order chi connectivity index (χ0) is 15.4.